The van der Waals surface area contributed by atoms with Gasteiger partial charge in [-0.25, -0.2) is 9.19 Å². The number of nitrogens with zero attached hydrogens (tertiary/aromatic N) is 4. The fraction of sp³-hybridized carbons (Fsp3) is 0.486. The molecule has 1 fully saturated rings. The monoisotopic (exact) mass is 655 g/mol. The third kappa shape index (κ3) is 6.54. The molecule has 0 saturated heterocycles. The number of carbonyl (C=O) groups is 1. The van der Waals surface area contributed by atoms with Crippen molar-refractivity contribution in [2.24, 2.45) is 22.1 Å². The molecular formula is C37H45N5O4S. The number of allylic oxidation sites excluding steroid dienone is 1. The van der Waals surface area contributed by atoms with Crippen LogP contribution in [0.15, 0.2) is 71.5 Å². The molecule has 47 heavy (non-hydrogen) atoms. The van der Waals surface area contributed by atoms with Crippen molar-refractivity contribution in [2.75, 3.05) is 42.2 Å². The van der Waals surface area contributed by atoms with E-state index in [1.807, 2.05) is 19.1 Å². The van der Waals surface area contributed by atoms with Crippen LogP contribution in [0.1, 0.15) is 66.1 Å². The highest BCUT2D eigenvalue weighted by atomic mass is 32.2. The van der Waals surface area contributed by atoms with Gasteiger partial charge < -0.3 is 14.4 Å². The van der Waals surface area contributed by atoms with Crippen LogP contribution in [0.5, 0.6) is 5.75 Å². The van der Waals surface area contributed by atoms with E-state index in [-0.39, 0.29) is 23.2 Å². The molecule has 6 atom stereocenters. The second-order valence-electron chi connectivity index (χ2n) is 14.0. The number of aromatic nitrogens is 2. The Labute approximate surface area is 278 Å². The van der Waals surface area contributed by atoms with Crippen molar-refractivity contribution in [2.45, 2.75) is 63.9 Å². The standard InChI is InChI=1S/C37H45N5O4S/c1-25-9-13-31-27(18-25)7-5-15-37(31)23-42-21-29-10-12-30(29)33(45-3)8-4-6-26(2)22-47(44,40-35-20-38-16-17-39-35)41-36(43)28-11-14-34(46-24-37)32(42)19-28/h4,8-9,11,13-14,16-20,26,29-30,33H,5-7,10,12,15,21-24H2,1-3H3,(H,39,40,41,43,44)/b8-4+/t26-,29-,30+,33-,37-,47?/m0/s1. The van der Waals surface area contributed by atoms with Crippen LogP contribution < -0.4 is 14.4 Å². The van der Waals surface area contributed by atoms with Crippen molar-refractivity contribution in [3.8, 4) is 5.75 Å². The lowest BCUT2D eigenvalue weighted by atomic mass is 9.68. The summed E-state index contributed by atoms with van der Waals surface area (Å²) in [5.41, 5.74) is 5.20. The number of benzene rings is 2. The Morgan fingerprint density at radius 1 is 1.15 bits per heavy atom. The van der Waals surface area contributed by atoms with Gasteiger partial charge >= 0.3 is 0 Å². The molecule has 1 aromatic heterocycles. The number of methoxy groups -OCH3 is 1. The number of amides is 1. The molecule has 1 N–H and O–H groups in total. The summed E-state index contributed by atoms with van der Waals surface area (Å²) in [6.45, 7) is 6.40. The van der Waals surface area contributed by atoms with Gasteiger partial charge in [-0.3, -0.25) is 14.5 Å². The first-order valence-corrected chi connectivity index (χ1v) is 18.6. The molecule has 0 radical (unpaired) electrons. The van der Waals surface area contributed by atoms with E-state index in [1.54, 1.807) is 19.4 Å². The number of hydrogen-bond donors (Lipinski definition) is 1. The van der Waals surface area contributed by atoms with Crippen LogP contribution in [0, 0.1) is 24.7 Å². The van der Waals surface area contributed by atoms with Crippen LogP contribution in [0.25, 0.3) is 0 Å². The number of rotatable bonds is 3. The number of anilines is 2. The predicted molar refractivity (Wildman–Crippen MR) is 185 cm³/mol. The molecule has 7 rings (SSSR count). The molecule has 1 spiro atoms. The number of carbonyl (C=O) groups excluding carboxylic acids is 1. The topological polar surface area (TPSA) is 106 Å². The molecular weight excluding hydrogens is 611 g/mol. The van der Waals surface area contributed by atoms with Gasteiger partial charge in [-0.15, -0.1) is 4.36 Å². The van der Waals surface area contributed by atoms with Gasteiger partial charge in [0.25, 0.3) is 5.91 Å². The molecule has 1 unspecified atom stereocenters. The van der Waals surface area contributed by atoms with E-state index < -0.39 is 15.8 Å². The summed E-state index contributed by atoms with van der Waals surface area (Å²) in [5, 5.41) is 0. The Kier molecular flexibility index (Phi) is 8.82. The Hall–Kier alpha value is -3.76. The third-order valence-electron chi connectivity index (χ3n) is 10.5. The zero-order valence-electron chi connectivity index (χ0n) is 27.6. The molecule has 1 saturated carbocycles. The van der Waals surface area contributed by atoms with Gasteiger partial charge in [-0.1, -0.05) is 42.8 Å². The van der Waals surface area contributed by atoms with Gasteiger partial charge in [0.05, 0.1) is 30.3 Å². The highest BCUT2D eigenvalue weighted by molar-refractivity contribution is 7.95. The van der Waals surface area contributed by atoms with Gasteiger partial charge in [-0.05, 0) is 92.5 Å². The first-order valence-electron chi connectivity index (χ1n) is 16.9. The SMILES string of the molecule is CO[C@H]1/C=C/C[C@H](C)CS(=O)(Nc2cnccn2)=NC(=O)c2ccc3c(c2)N(C[C@@H]2CC[C@H]21)C[C@@]1(CCCc2cc(C)ccc21)CO3. The normalized spacial score (nSPS) is 31.3. The second kappa shape index (κ2) is 13.0. The molecule has 1 amide bonds. The lowest BCUT2D eigenvalue weighted by Gasteiger charge is -2.46. The highest BCUT2D eigenvalue weighted by Gasteiger charge is 2.44. The second-order valence-corrected chi connectivity index (χ2v) is 16.0. The Morgan fingerprint density at radius 2 is 2.04 bits per heavy atom. The summed E-state index contributed by atoms with van der Waals surface area (Å²) >= 11 is 0. The summed E-state index contributed by atoms with van der Waals surface area (Å²) in [6.07, 6.45) is 15.0. The molecule has 3 heterocycles. The van der Waals surface area contributed by atoms with Gasteiger partial charge in [0.2, 0.25) is 0 Å². The predicted octanol–water partition coefficient (Wildman–Crippen LogP) is 6.53. The maximum Gasteiger partial charge on any atom is 0.286 e. The summed E-state index contributed by atoms with van der Waals surface area (Å²) < 4.78 is 34.5. The summed E-state index contributed by atoms with van der Waals surface area (Å²) in [5.74, 6) is 1.55. The molecule has 3 aromatic rings. The van der Waals surface area contributed by atoms with E-state index in [0.29, 0.717) is 36.2 Å². The molecule has 2 bridgehead atoms. The molecule has 2 aromatic carbocycles. The van der Waals surface area contributed by atoms with E-state index >= 15 is 0 Å². The van der Waals surface area contributed by atoms with Gasteiger partial charge in [-0.2, -0.15) is 0 Å². The lowest BCUT2D eigenvalue weighted by Crippen LogP contribution is -2.49. The fourth-order valence-corrected chi connectivity index (χ4v) is 9.96. The average molecular weight is 656 g/mol. The van der Waals surface area contributed by atoms with Crippen molar-refractivity contribution in [1.82, 2.24) is 9.97 Å². The summed E-state index contributed by atoms with van der Waals surface area (Å²) in [6, 6.07) is 12.4. The van der Waals surface area contributed by atoms with Gasteiger partial charge in [0.1, 0.15) is 15.7 Å². The average Bonchev–Trinajstić information content (AvgIpc) is 3.19. The maximum absolute atomic E-state index is 14.4. The van der Waals surface area contributed by atoms with Crippen LogP contribution in [-0.2, 0) is 26.5 Å². The zero-order valence-corrected chi connectivity index (χ0v) is 28.4. The largest absolute Gasteiger partial charge is 0.490 e. The Bertz CT molecular complexity index is 1790. The first kappa shape index (κ1) is 31.8. The molecule has 10 heteroatoms. The minimum atomic E-state index is -3.23. The van der Waals surface area contributed by atoms with E-state index in [4.69, 9.17) is 9.47 Å². The van der Waals surface area contributed by atoms with Crippen LogP contribution in [0.4, 0.5) is 11.5 Å². The molecule has 2 aliphatic heterocycles. The zero-order chi connectivity index (χ0) is 32.6. The van der Waals surface area contributed by atoms with E-state index in [1.165, 1.54) is 29.1 Å². The minimum Gasteiger partial charge on any atom is -0.490 e. The van der Waals surface area contributed by atoms with Crippen molar-refractivity contribution < 1.29 is 18.5 Å². The molecule has 248 valence electrons. The smallest absolute Gasteiger partial charge is 0.286 e. The van der Waals surface area contributed by atoms with Crippen molar-refractivity contribution in [3.63, 3.8) is 0 Å². The summed E-state index contributed by atoms with van der Waals surface area (Å²) in [7, 11) is -1.44. The van der Waals surface area contributed by atoms with E-state index in [0.717, 1.165) is 56.6 Å². The minimum absolute atomic E-state index is 0.00331. The van der Waals surface area contributed by atoms with E-state index in [2.05, 4.69) is 61.2 Å². The number of aryl methyl sites for hydroxylation is 2. The van der Waals surface area contributed by atoms with E-state index in [9.17, 15) is 9.00 Å². The Balaban J connectivity index is 1.32. The molecule has 9 nitrogen and oxygen atoms in total. The van der Waals surface area contributed by atoms with Crippen molar-refractivity contribution in [3.05, 3.63) is 89.4 Å². The van der Waals surface area contributed by atoms with Crippen molar-refractivity contribution in [1.29, 1.82) is 0 Å². The van der Waals surface area contributed by atoms with Crippen LogP contribution in [0.3, 0.4) is 0 Å². The van der Waals surface area contributed by atoms with Crippen LogP contribution in [-0.4, -0.2) is 58.7 Å². The highest BCUT2D eigenvalue weighted by Crippen LogP contribution is 2.47. The molecule has 4 aliphatic rings. The lowest BCUT2D eigenvalue weighted by molar-refractivity contribution is 0.0131. The fourth-order valence-electron chi connectivity index (χ4n) is 8.04. The number of ether oxygens (including phenoxy) is 2. The van der Waals surface area contributed by atoms with Crippen LogP contribution >= 0.6 is 0 Å². The van der Waals surface area contributed by atoms with Gasteiger partial charge in [0.15, 0.2) is 5.82 Å². The number of fused-ring (bicyclic) bond motifs is 4. The van der Waals surface area contributed by atoms with Crippen molar-refractivity contribution >= 4 is 27.3 Å². The summed E-state index contributed by atoms with van der Waals surface area (Å²) in [4.78, 5) is 24.7. The van der Waals surface area contributed by atoms with Gasteiger partial charge in [0, 0.05) is 43.6 Å². The Morgan fingerprint density at radius 3 is 2.83 bits per heavy atom. The maximum atomic E-state index is 14.4. The number of hydrogen-bond acceptors (Lipinski definition) is 7. The quantitative estimate of drug-likeness (QED) is 0.320. The first-order chi connectivity index (χ1) is 22.7. The third-order valence-corrected chi connectivity index (χ3v) is 12.5. The number of nitrogens with one attached hydrogen (secondary N) is 1. The molecule has 2 aliphatic carbocycles. The van der Waals surface area contributed by atoms with Crippen LogP contribution in [0.2, 0.25) is 0 Å².